The first-order valence-electron chi connectivity index (χ1n) is 12.6. The minimum absolute atomic E-state index is 0.698. The summed E-state index contributed by atoms with van der Waals surface area (Å²) in [6.45, 7) is 11.3. The van der Waals surface area contributed by atoms with Gasteiger partial charge in [0.1, 0.15) is 0 Å². The van der Waals surface area contributed by atoms with Crippen molar-refractivity contribution < 1.29 is 4.74 Å². The summed E-state index contributed by atoms with van der Waals surface area (Å²) in [6, 6.07) is 0.698. The highest BCUT2D eigenvalue weighted by Crippen LogP contribution is 2.17. The van der Waals surface area contributed by atoms with Gasteiger partial charge in [0.15, 0.2) is 0 Å². The number of unbranched alkanes of at least 4 members (excludes halogenated alkanes) is 12. The van der Waals surface area contributed by atoms with Crippen molar-refractivity contribution >= 4 is 0 Å². The van der Waals surface area contributed by atoms with Gasteiger partial charge in [-0.1, -0.05) is 111 Å². The first-order valence-corrected chi connectivity index (χ1v) is 12.6. The van der Waals surface area contributed by atoms with Crippen LogP contribution in [0.25, 0.3) is 0 Å². The van der Waals surface area contributed by atoms with E-state index in [2.05, 4.69) is 25.7 Å². The minimum atomic E-state index is 0.698. The SMILES string of the molecule is CCCN1CCOCC1CCCCCCCCCCCCCCCC(C)C. The van der Waals surface area contributed by atoms with E-state index in [-0.39, 0.29) is 0 Å². The summed E-state index contributed by atoms with van der Waals surface area (Å²) in [5.41, 5.74) is 0. The van der Waals surface area contributed by atoms with Crippen LogP contribution in [-0.2, 0) is 4.74 Å². The van der Waals surface area contributed by atoms with E-state index >= 15 is 0 Å². The lowest BCUT2D eigenvalue weighted by molar-refractivity contribution is -0.0110. The number of ether oxygens (including phenoxy) is 1. The molecule has 0 aromatic rings. The number of morpholine rings is 1. The zero-order valence-electron chi connectivity index (χ0n) is 19.2. The van der Waals surface area contributed by atoms with Gasteiger partial charge in [0.05, 0.1) is 13.2 Å². The Morgan fingerprint density at radius 2 is 1.30 bits per heavy atom. The maximum Gasteiger partial charge on any atom is 0.0622 e. The third kappa shape index (κ3) is 14.6. The molecule has 2 nitrogen and oxygen atoms in total. The van der Waals surface area contributed by atoms with Crippen LogP contribution < -0.4 is 0 Å². The van der Waals surface area contributed by atoms with E-state index in [0.717, 1.165) is 25.7 Å². The van der Waals surface area contributed by atoms with Crippen LogP contribution in [0.4, 0.5) is 0 Å². The number of nitrogens with zero attached hydrogens (tertiary/aromatic N) is 1. The van der Waals surface area contributed by atoms with Crippen molar-refractivity contribution in [1.82, 2.24) is 4.90 Å². The highest BCUT2D eigenvalue weighted by molar-refractivity contribution is 4.74. The summed E-state index contributed by atoms with van der Waals surface area (Å²) >= 11 is 0. The van der Waals surface area contributed by atoms with Gasteiger partial charge in [0, 0.05) is 12.6 Å². The van der Waals surface area contributed by atoms with Gasteiger partial charge < -0.3 is 4.74 Å². The van der Waals surface area contributed by atoms with Crippen molar-refractivity contribution in [3.05, 3.63) is 0 Å². The van der Waals surface area contributed by atoms with Gasteiger partial charge in [0.2, 0.25) is 0 Å². The summed E-state index contributed by atoms with van der Waals surface area (Å²) in [5.74, 6) is 0.891. The quantitative estimate of drug-likeness (QED) is 0.227. The van der Waals surface area contributed by atoms with Gasteiger partial charge in [-0.2, -0.15) is 0 Å². The second-order valence-electron chi connectivity index (χ2n) is 9.33. The van der Waals surface area contributed by atoms with Crippen molar-refractivity contribution in [2.75, 3.05) is 26.3 Å². The summed E-state index contributed by atoms with van der Waals surface area (Å²) < 4.78 is 5.70. The van der Waals surface area contributed by atoms with Crippen LogP contribution in [0, 0.1) is 5.92 Å². The first-order chi connectivity index (χ1) is 13.2. The molecule has 0 radical (unpaired) electrons. The topological polar surface area (TPSA) is 12.5 Å². The highest BCUT2D eigenvalue weighted by atomic mass is 16.5. The van der Waals surface area contributed by atoms with E-state index in [1.165, 1.54) is 109 Å². The molecule has 0 spiro atoms. The van der Waals surface area contributed by atoms with Crippen LogP contribution in [0.5, 0.6) is 0 Å². The molecule has 0 aromatic carbocycles. The molecule has 1 fully saturated rings. The Hall–Kier alpha value is -0.0800. The maximum atomic E-state index is 5.70. The molecule has 1 aliphatic heterocycles. The molecule has 1 aliphatic rings. The lowest BCUT2D eigenvalue weighted by Crippen LogP contribution is -2.45. The molecule has 0 N–H and O–H groups in total. The number of hydrogen-bond donors (Lipinski definition) is 0. The highest BCUT2D eigenvalue weighted by Gasteiger charge is 2.21. The molecule has 0 aliphatic carbocycles. The predicted molar refractivity (Wildman–Crippen MR) is 121 cm³/mol. The average molecular weight is 382 g/mol. The Balaban J connectivity index is 1.79. The molecule has 0 bridgehead atoms. The molecule has 2 heteroatoms. The smallest absolute Gasteiger partial charge is 0.0622 e. The fourth-order valence-electron chi connectivity index (χ4n) is 4.41. The van der Waals surface area contributed by atoms with Crippen molar-refractivity contribution in [3.63, 3.8) is 0 Å². The van der Waals surface area contributed by atoms with Gasteiger partial charge in [-0.15, -0.1) is 0 Å². The van der Waals surface area contributed by atoms with Crippen LogP contribution in [-0.4, -0.2) is 37.2 Å². The largest absolute Gasteiger partial charge is 0.378 e. The second-order valence-corrected chi connectivity index (χ2v) is 9.33. The number of hydrogen-bond acceptors (Lipinski definition) is 2. The fraction of sp³-hybridized carbons (Fsp3) is 1.00. The summed E-state index contributed by atoms with van der Waals surface area (Å²) in [4.78, 5) is 2.66. The van der Waals surface area contributed by atoms with Crippen LogP contribution in [0.2, 0.25) is 0 Å². The van der Waals surface area contributed by atoms with Crippen LogP contribution in [0.15, 0.2) is 0 Å². The molecule has 0 aromatic heterocycles. The van der Waals surface area contributed by atoms with E-state index in [1.54, 1.807) is 0 Å². The molecule has 27 heavy (non-hydrogen) atoms. The average Bonchev–Trinajstić information content (AvgIpc) is 2.66. The summed E-state index contributed by atoms with van der Waals surface area (Å²) in [5, 5.41) is 0. The lowest BCUT2D eigenvalue weighted by atomic mass is 10.0. The fourth-order valence-corrected chi connectivity index (χ4v) is 4.41. The Bertz CT molecular complexity index is 303. The Kier molecular flexibility index (Phi) is 16.6. The van der Waals surface area contributed by atoms with E-state index in [0.29, 0.717) is 6.04 Å². The van der Waals surface area contributed by atoms with Crippen LogP contribution in [0.3, 0.4) is 0 Å². The molecule has 1 rings (SSSR count). The molecule has 162 valence electrons. The molecule has 1 saturated heterocycles. The van der Waals surface area contributed by atoms with E-state index in [1.807, 2.05) is 0 Å². The molecule has 1 heterocycles. The van der Waals surface area contributed by atoms with Gasteiger partial charge in [-0.3, -0.25) is 4.90 Å². The zero-order valence-corrected chi connectivity index (χ0v) is 19.2. The Labute approximate surface area is 171 Å². The van der Waals surface area contributed by atoms with Crippen molar-refractivity contribution in [2.24, 2.45) is 5.92 Å². The van der Waals surface area contributed by atoms with Gasteiger partial charge in [0.25, 0.3) is 0 Å². The molecule has 1 atom stereocenters. The second kappa shape index (κ2) is 18.0. The molecule has 1 unspecified atom stereocenters. The number of rotatable bonds is 18. The van der Waals surface area contributed by atoms with Gasteiger partial charge in [-0.25, -0.2) is 0 Å². The molecule has 0 amide bonds. The van der Waals surface area contributed by atoms with Crippen molar-refractivity contribution in [3.8, 4) is 0 Å². The van der Waals surface area contributed by atoms with E-state index < -0.39 is 0 Å². The van der Waals surface area contributed by atoms with Crippen LogP contribution >= 0.6 is 0 Å². The Morgan fingerprint density at radius 3 is 1.81 bits per heavy atom. The normalized spacial score (nSPS) is 18.4. The third-order valence-corrected chi connectivity index (χ3v) is 6.18. The molecular weight excluding hydrogens is 330 g/mol. The van der Waals surface area contributed by atoms with Gasteiger partial charge >= 0.3 is 0 Å². The Morgan fingerprint density at radius 1 is 0.778 bits per heavy atom. The van der Waals surface area contributed by atoms with E-state index in [4.69, 9.17) is 4.74 Å². The van der Waals surface area contributed by atoms with Crippen molar-refractivity contribution in [1.29, 1.82) is 0 Å². The third-order valence-electron chi connectivity index (χ3n) is 6.18. The standard InChI is InChI=1S/C25H51NO/c1-4-20-26-21-22-27-23-25(26)19-17-15-13-11-9-7-5-6-8-10-12-14-16-18-24(2)3/h24-25H,4-23H2,1-3H3. The maximum absolute atomic E-state index is 5.70. The molecule has 0 saturated carbocycles. The van der Waals surface area contributed by atoms with E-state index in [9.17, 15) is 0 Å². The predicted octanol–water partition coefficient (Wildman–Crippen LogP) is 7.60. The van der Waals surface area contributed by atoms with Gasteiger partial charge in [-0.05, 0) is 25.3 Å². The first kappa shape index (κ1) is 25.0. The lowest BCUT2D eigenvalue weighted by Gasteiger charge is -2.35. The van der Waals surface area contributed by atoms with Crippen LogP contribution in [0.1, 0.15) is 124 Å². The molecular formula is C25H51NO. The monoisotopic (exact) mass is 381 g/mol. The van der Waals surface area contributed by atoms with Crippen molar-refractivity contribution in [2.45, 2.75) is 130 Å². The zero-order chi connectivity index (χ0) is 19.6. The summed E-state index contributed by atoms with van der Waals surface area (Å²) in [7, 11) is 0. The summed E-state index contributed by atoms with van der Waals surface area (Å²) in [6.07, 6.45) is 22.9. The minimum Gasteiger partial charge on any atom is -0.378 e.